The maximum Gasteiger partial charge on any atom is 0.295 e. The van der Waals surface area contributed by atoms with E-state index in [1.165, 1.54) is 18.1 Å². The molecule has 5 rings (SSSR count). The second kappa shape index (κ2) is 9.54. The lowest BCUT2D eigenvalue weighted by Gasteiger charge is -2.25. The Labute approximate surface area is 215 Å². The van der Waals surface area contributed by atoms with Gasteiger partial charge < -0.3 is 24.8 Å². The molecular formula is C28H23BrN2O5. The number of aliphatic hydroxyl groups is 1. The number of likely N-dealkylation sites (tertiary alicyclic amines) is 1. The number of phenols is 1. The van der Waals surface area contributed by atoms with Crippen molar-refractivity contribution in [3.8, 4) is 11.5 Å². The number of H-pyrrole nitrogens is 1. The van der Waals surface area contributed by atoms with E-state index >= 15 is 0 Å². The number of hydrogen-bond acceptors (Lipinski definition) is 5. The van der Waals surface area contributed by atoms with E-state index in [0.717, 1.165) is 20.9 Å². The van der Waals surface area contributed by atoms with Crippen molar-refractivity contribution in [2.75, 3.05) is 13.7 Å². The number of fused-ring (bicyclic) bond motifs is 1. The molecule has 0 bridgehead atoms. The Morgan fingerprint density at radius 2 is 1.83 bits per heavy atom. The topological polar surface area (TPSA) is 103 Å². The fraction of sp³-hybridized carbons (Fsp3) is 0.143. The Morgan fingerprint density at radius 3 is 2.58 bits per heavy atom. The van der Waals surface area contributed by atoms with E-state index in [4.69, 9.17) is 4.74 Å². The molecule has 1 amide bonds. The third kappa shape index (κ3) is 4.13. The highest BCUT2D eigenvalue weighted by Crippen LogP contribution is 2.42. The molecule has 3 N–H and O–H groups in total. The van der Waals surface area contributed by atoms with Gasteiger partial charge >= 0.3 is 0 Å². The van der Waals surface area contributed by atoms with Crippen LogP contribution in [0.1, 0.15) is 22.7 Å². The standard InChI is InChI=1S/C28H23BrN2O5/c1-36-23-14-17(8-11-22(23)32)25-24(26(33)16-6-9-19(29)10-7-16)27(34)28(35)31(25)13-12-18-15-30-21-5-3-2-4-20(18)21/h2-11,14-15,25,30,32-33H,12-13H2,1H3. The number of ketones is 1. The number of aromatic hydroxyl groups is 1. The van der Waals surface area contributed by atoms with Crippen LogP contribution < -0.4 is 4.74 Å². The summed E-state index contributed by atoms with van der Waals surface area (Å²) in [6, 6.07) is 18.5. The summed E-state index contributed by atoms with van der Waals surface area (Å²) < 4.78 is 6.09. The van der Waals surface area contributed by atoms with Crippen LogP contribution in [0.5, 0.6) is 11.5 Å². The number of aromatic nitrogens is 1. The molecule has 0 saturated carbocycles. The zero-order valence-electron chi connectivity index (χ0n) is 19.4. The van der Waals surface area contributed by atoms with Gasteiger partial charge in [-0.3, -0.25) is 9.59 Å². The van der Waals surface area contributed by atoms with Crippen LogP contribution >= 0.6 is 15.9 Å². The first-order chi connectivity index (χ1) is 17.4. The van der Waals surface area contributed by atoms with E-state index < -0.39 is 17.7 Å². The lowest BCUT2D eigenvalue weighted by molar-refractivity contribution is -0.139. The maximum absolute atomic E-state index is 13.3. The Morgan fingerprint density at radius 1 is 1.08 bits per heavy atom. The molecule has 1 atom stereocenters. The molecular weight excluding hydrogens is 524 g/mol. The molecule has 2 heterocycles. The van der Waals surface area contributed by atoms with Crippen molar-refractivity contribution >= 4 is 44.3 Å². The van der Waals surface area contributed by atoms with Crippen molar-refractivity contribution in [1.82, 2.24) is 9.88 Å². The highest BCUT2D eigenvalue weighted by atomic mass is 79.9. The molecule has 1 aliphatic heterocycles. The van der Waals surface area contributed by atoms with Gasteiger partial charge in [0.15, 0.2) is 11.5 Å². The van der Waals surface area contributed by atoms with Gasteiger partial charge in [-0.25, -0.2) is 0 Å². The number of phenolic OH excluding ortho intramolecular Hbond substituents is 1. The van der Waals surface area contributed by atoms with Gasteiger partial charge in [-0.2, -0.15) is 0 Å². The number of para-hydroxylation sites is 1. The molecule has 1 aliphatic rings. The summed E-state index contributed by atoms with van der Waals surface area (Å²) in [7, 11) is 1.43. The van der Waals surface area contributed by atoms with E-state index in [9.17, 15) is 19.8 Å². The van der Waals surface area contributed by atoms with Gasteiger partial charge in [0.2, 0.25) is 0 Å². The molecule has 1 fully saturated rings. The van der Waals surface area contributed by atoms with Crippen LogP contribution in [-0.2, 0) is 16.0 Å². The summed E-state index contributed by atoms with van der Waals surface area (Å²) in [5.74, 6) is -1.56. The van der Waals surface area contributed by atoms with E-state index in [2.05, 4.69) is 20.9 Å². The Hall–Kier alpha value is -4.04. The number of Topliss-reactive ketones (excluding diaryl/α,β-unsaturated/α-hetero) is 1. The minimum absolute atomic E-state index is 0.00556. The fourth-order valence-electron chi connectivity index (χ4n) is 4.66. The number of halogens is 1. The minimum atomic E-state index is -0.853. The largest absolute Gasteiger partial charge is 0.507 e. The van der Waals surface area contributed by atoms with Crippen molar-refractivity contribution in [2.24, 2.45) is 0 Å². The quantitative estimate of drug-likeness (QED) is 0.173. The van der Waals surface area contributed by atoms with Crippen LogP contribution in [0.4, 0.5) is 0 Å². The zero-order chi connectivity index (χ0) is 25.4. The summed E-state index contributed by atoms with van der Waals surface area (Å²) in [6.45, 7) is 0.247. The number of rotatable bonds is 6. The van der Waals surface area contributed by atoms with E-state index in [1.807, 2.05) is 30.5 Å². The number of carbonyl (C=O) groups excluding carboxylic acids is 2. The number of carbonyl (C=O) groups is 2. The first-order valence-electron chi connectivity index (χ1n) is 11.3. The monoisotopic (exact) mass is 546 g/mol. The predicted octanol–water partition coefficient (Wildman–Crippen LogP) is 5.31. The molecule has 1 aromatic heterocycles. The summed E-state index contributed by atoms with van der Waals surface area (Å²) in [6.07, 6.45) is 2.41. The zero-order valence-corrected chi connectivity index (χ0v) is 21.0. The average molecular weight is 547 g/mol. The molecule has 0 spiro atoms. The van der Waals surface area contributed by atoms with Crippen molar-refractivity contribution in [1.29, 1.82) is 0 Å². The molecule has 8 heteroatoms. The van der Waals surface area contributed by atoms with Crippen LogP contribution in [0.3, 0.4) is 0 Å². The Balaban J connectivity index is 1.59. The van der Waals surface area contributed by atoms with Crippen LogP contribution in [0.25, 0.3) is 16.7 Å². The van der Waals surface area contributed by atoms with Crippen LogP contribution in [0.2, 0.25) is 0 Å². The lowest BCUT2D eigenvalue weighted by Crippen LogP contribution is -2.31. The summed E-state index contributed by atoms with van der Waals surface area (Å²) in [5, 5.41) is 22.4. The molecule has 7 nitrogen and oxygen atoms in total. The second-order valence-corrected chi connectivity index (χ2v) is 9.46. The third-order valence-electron chi connectivity index (χ3n) is 6.47. The van der Waals surface area contributed by atoms with Crippen molar-refractivity contribution in [3.05, 3.63) is 99.7 Å². The smallest absolute Gasteiger partial charge is 0.295 e. The molecule has 3 aromatic carbocycles. The fourth-order valence-corrected chi connectivity index (χ4v) is 4.93. The summed E-state index contributed by atoms with van der Waals surface area (Å²) in [4.78, 5) is 31.2. The highest BCUT2D eigenvalue weighted by molar-refractivity contribution is 9.10. The summed E-state index contributed by atoms with van der Waals surface area (Å²) in [5.41, 5.74) is 2.96. The molecule has 0 radical (unpaired) electrons. The number of ether oxygens (including phenoxy) is 1. The van der Waals surface area contributed by atoms with Gasteiger partial charge in [-0.05, 0) is 47.9 Å². The number of benzene rings is 3. The number of aromatic amines is 1. The van der Waals surface area contributed by atoms with E-state index in [-0.39, 0.29) is 29.4 Å². The molecule has 4 aromatic rings. The third-order valence-corrected chi connectivity index (χ3v) is 7.00. The molecule has 1 unspecified atom stereocenters. The van der Waals surface area contributed by atoms with E-state index in [1.54, 1.807) is 36.4 Å². The number of aliphatic hydroxyl groups excluding tert-OH is 1. The molecule has 182 valence electrons. The van der Waals surface area contributed by atoms with Crippen molar-refractivity contribution in [3.63, 3.8) is 0 Å². The second-order valence-electron chi connectivity index (χ2n) is 8.54. The SMILES string of the molecule is COc1cc(C2C(=C(O)c3ccc(Br)cc3)C(=O)C(=O)N2CCc2c[nH]c3ccccc23)ccc1O. The Kier molecular flexibility index (Phi) is 6.28. The van der Waals surface area contributed by atoms with Crippen LogP contribution in [0.15, 0.2) is 83.0 Å². The first-order valence-corrected chi connectivity index (χ1v) is 12.1. The molecule has 1 saturated heterocycles. The van der Waals surface area contributed by atoms with Gasteiger partial charge in [-0.15, -0.1) is 0 Å². The van der Waals surface area contributed by atoms with Gasteiger partial charge in [0.05, 0.1) is 18.7 Å². The minimum Gasteiger partial charge on any atom is -0.507 e. The number of methoxy groups -OCH3 is 1. The van der Waals surface area contributed by atoms with Gasteiger partial charge in [0.25, 0.3) is 11.7 Å². The maximum atomic E-state index is 13.3. The van der Waals surface area contributed by atoms with Crippen molar-refractivity contribution in [2.45, 2.75) is 12.5 Å². The number of amides is 1. The average Bonchev–Trinajstić information content (AvgIpc) is 3.41. The first kappa shape index (κ1) is 23.7. The Bertz CT molecular complexity index is 1510. The normalized spacial score (nSPS) is 17.2. The van der Waals surface area contributed by atoms with Gasteiger partial charge in [-0.1, -0.05) is 52.3 Å². The lowest BCUT2D eigenvalue weighted by atomic mass is 9.95. The van der Waals surface area contributed by atoms with Crippen LogP contribution in [-0.4, -0.2) is 45.4 Å². The van der Waals surface area contributed by atoms with Crippen molar-refractivity contribution < 1.29 is 24.5 Å². The number of nitrogens with zero attached hydrogens (tertiary/aromatic N) is 1. The molecule has 36 heavy (non-hydrogen) atoms. The van der Waals surface area contributed by atoms with Gasteiger partial charge in [0, 0.05) is 33.7 Å². The number of nitrogens with one attached hydrogen (secondary N) is 1. The van der Waals surface area contributed by atoms with Gasteiger partial charge in [0.1, 0.15) is 5.76 Å². The number of hydrogen-bond donors (Lipinski definition) is 3. The summed E-state index contributed by atoms with van der Waals surface area (Å²) >= 11 is 3.37. The predicted molar refractivity (Wildman–Crippen MR) is 140 cm³/mol. The van der Waals surface area contributed by atoms with E-state index in [0.29, 0.717) is 17.5 Å². The molecule has 0 aliphatic carbocycles. The van der Waals surface area contributed by atoms with Crippen LogP contribution in [0, 0.1) is 0 Å². The highest BCUT2D eigenvalue weighted by Gasteiger charge is 2.46.